The van der Waals surface area contributed by atoms with Crippen molar-refractivity contribution in [3.63, 3.8) is 0 Å². The van der Waals surface area contributed by atoms with Gasteiger partial charge in [-0.3, -0.25) is 0 Å². The second-order valence-electron chi connectivity index (χ2n) is 10.3. The van der Waals surface area contributed by atoms with Crippen molar-refractivity contribution in [2.24, 2.45) is 22.6 Å². The third-order valence-corrected chi connectivity index (χ3v) is 7.73. The van der Waals surface area contributed by atoms with E-state index < -0.39 is 5.82 Å². The standard InChI is InChI=1S/C31H32ClFN4O/c32-28-11-10-27(17-29(28)33)36-30(35)20-38-31(25-12-14-37(15-13-25)19-21-4-5-21)24-8-6-23(7-9-24)26-3-1-2-22(16-26)18-34/h1-3,6-11,16-17,21,25,31H,4-5,12-15,19-20H2,(H2,35,36). The van der Waals surface area contributed by atoms with Crippen LogP contribution in [0.5, 0.6) is 0 Å². The maximum atomic E-state index is 13.8. The predicted octanol–water partition coefficient (Wildman–Crippen LogP) is 6.89. The number of aliphatic imine (C=N–C) groups is 1. The van der Waals surface area contributed by atoms with E-state index in [9.17, 15) is 9.65 Å². The molecule has 2 N–H and O–H groups in total. The van der Waals surface area contributed by atoms with E-state index in [0.29, 0.717) is 17.2 Å². The van der Waals surface area contributed by atoms with Gasteiger partial charge in [-0.25, -0.2) is 9.38 Å². The molecule has 0 radical (unpaired) electrons. The summed E-state index contributed by atoms with van der Waals surface area (Å²) >= 11 is 5.78. The van der Waals surface area contributed by atoms with Crippen LogP contribution in [0.25, 0.3) is 11.1 Å². The second-order valence-corrected chi connectivity index (χ2v) is 10.7. The molecule has 2 fully saturated rings. The molecule has 2 aliphatic rings. The number of hydrogen-bond acceptors (Lipinski definition) is 4. The Morgan fingerprint density at radius 3 is 2.50 bits per heavy atom. The van der Waals surface area contributed by atoms with E-state index in [4.69, 9.17) is 22.1 Å². The van der Waals surface area contributed by atoms with Gasteiger partial charge < -0.3 is 15.4 Å². The number of rotatable bonds is 9. The number of nitrogens with zero attached hydrogens (tertiary/aromatic N) is 3. The summed E-state index contributed by atoms with van der Waals surface area (Å²) in [6, 6.07) is 22.6. The number of hydrogen-bond donors (Lipinski definition) is 1. The zero-order chi connectivity index (χ0) is 26.5. The van der Waals surface area contributed by atoms with E-state index in [2.05, 4.69) is 40.2 Å². The summed E-state index contributed by atoms with van der Waals surface area (Å²) in [7, 11) is 0. The summed E-state index contributed by atoms with van der Waals surface area (Å²) in [4.78, 5) is 6.91. The molecule has 0 amide bonds. The molecule has 5 rings (SSSR count). The van der Waals surface area contributed by atoms with Crippen molar-refractivity contribution >= 4 is 23.1 Å². The Bertz CT molecular complexity index is 1320. The molecule has 196 valence electrons. The maximum absolute atomic E-state index is 13.8. The van der Waals surface area contributed by atoms with Crippen LogP contribution in [0.2, 0.25) is 5.02 Å². The van der Waals surface area contributed by atoms with Crippen LogP contribution in [0.3, 0.4) is 0 Å². The molecule has 1 unspecified atom stereocenters. The van der Waals surface area contributed by atoms with Crippen LogP contribution in [-0.2, 0) is 4.74 Å². The summed E-state index contributed by atoms with van der Waals surface area (Å²) in [5, 5.41) is 9.30. The molecule has 38 heavy (non-hydrogen) atoms. The molecule has 1 atom stereocenters. The van der Waals surface area contributed by atoms with E-state index in [1.54, 1.807) is 6.07 Å². The quantitative estimate of drug-likeness (QED) is 0.241. The Balaban J connectivity index is 1.32. The van der Waals surface area contributed by atoms with E-state index in [-0.39, 0.29) is 23.6 Å². The molecule has 3 aromatic carbocycles. The predicted molar refractivity (Wildman–Crippen MR) is 150 cm³/mol. The Morgan fingerprint density at radius 1 is 1.05 bits per heavy atom. The molecule has 5 nitrogen and oxygen atoms in total. The highest BCUT2D eigenvalue weighted by Crippen LogP contribution is 2.37. The average Bonchev–Trinajstić information content (AvgIpc) is 3.76. The van der Waals surface area contributed by atoms with Crippen LogP contribution in [-0.4, -0.2) is 37.0 Å². The topological polar surface area (TPSA) is 74.6 Å². The number of halogens is 2. The second kappa shape index (κ2) is 12.1. The molecule has 1 heterocycles. The fourth-order valence-electron chi connectivity index (χ4n) is 5.17. The first kappa shape index (κ1) is 26.4. The summed E-state index contributed by atoms with van der Waals surface area (Å²) < 4.78 is 20.3. The van der Waals surface area contributed by atoms with Gasteiger partial charge in [-0.05, 0) is 91.6 Å². The van der Waals surface area contributed by atoms with Crippen LogP contribution in [0, 0.1) is 29.0 Å². The molecular formula is C31H32ClFN4O. The minimum Gasteiger partial charge on any atom is -0.385 e. The lowest BCUT2D eigenvalue weighted by molar-refractivity contribution is 0.00607. The fraction of sp³-hybridized carbons (Fsp3) is 0.355. The largest absolute Gasteiger partial charge is 0.385 e. The van der Waals surface area contributed by atoms with Crippen molar-refractivity contribution in [2.45, 2.75) is 31.8 Å². The van der Waals surface area contributed by atoms with Crippen molar-refractivity contribution in [1.82, 2.24) is 4.90 Å². The van der Waals surface area contributed by atoms with Gasteiger partial charge in [0.15, 0.2) is 0 Å². The molecule has 0 spiro atoms. The number of likely N-dealkylation sites (tertiary alicyclic amines) is 1. The van der Waals surface area contributed by atoms with E-state index in [1.165, 1.54) is 31.5 Å². The van der Waals surface area contributed by atoms with Crippen molar-refractivity contribution in [2.75, 3.05) is 26.2 Å². The lowest BCUT2D eigenvalue weighted by Gasteiger charge is -2.36. The average molecular weight is 531 g/mol. The number of amidine groups is 1. The molecule has 3 aromatic rings. The number of piperidine rings is 1. The molecule has 1 saturated carbocycles. The Kier molecular flexibility index (Phi) is 8.38. The number of nitriles is 1. The third-order valence-electron chi connectivity index (χ3n) is 7.42. The number of nitrogens with two attached hydrogens (primary N) is 1. The highest BCUT2D eigenvalue weighted by Gasteiger charge is 2.31. The summed E-state index contributed by atoms with van der Waals surface area (Å²) in [5.74, 6) is 1.00. The maximum Gasteiger partial charge on any atom is 0.143 e. The Hall–Kier alpha value is -3.24. The highest BCUT2D eigenvalue weighted by atomic mass is 35.5. The SMILES string of the molecule is N#Cc1cccc(-c2ccc(C(OCC(N)=Nc3ccc(Cl)c(F)c3)C3CCN(CC4CC4)CC3)cc2)c1. The van der Waals surface area contributed by atoms with E-state index >= 15 is 0 Å². The third kappa shape index (κ3) is 6.79. The van der Waals surface area contributed by atoms with Gasteiger partial charge in [0.05, 0.1) is 28.4 Å². The van der Waals surface area contributed by atoms with Crippen LogP contribution in [0.4, 0.5) is 10.1 Å². The van der Waals surface area contributed by atoms with Crippen molar-refractivity contribution in [1.29, 1.82) is 5.26 Å². The van der Waals surface area contributed by atoms with Crippen LogP contribution in [0.15, 0.2) is 71.7 Å². The van der Waals surface area contributed by atoms with Gasteiger partial charge >= 0.3 is 0 Å². The van der Waals surface area contributed by atoms with Gasteiger partial charge in [0.25, 0.3) is 0 Å². The van der Waals surface area contributed by atoms with Crippen molar-refractivity contribution in [3.8, 4) is 17.2 Å². The molecule has 0 aromatic heterocycles. The van der Waals surface area contributed by atoms with E-state index in [1.807, 2.05) is 24.3 Å². The summed E-state index contributed by atoms with van der Waals surface area (Å²) in [6.07, 6.45) is 4.72. The lowest BCUT2D eigenvalue weighted by atomic mass is 9.86. The molecule has 1 saturated heterocycles. The molecule has 0 bridgehead atoms. The van der Waals surface area contributed by atoms with Gasteiger partial charge in [0, 0.05) is 12.6 Å². The molecule has 1 aliphatic carbocycles. The normalized spacial score (nSPS) is 17.8. The first-order valence-corrected chi connectivity index (χ1v) is 13.6. The van der Waals surface area contributed by atoms with E-state index in [0.717, 1.165) is 48.5 Å². The minimum atomic E-state index is -0.530. The van der Waals surface area contributed by atoms with Gasteiger partial charge in [0.1, 0.15) is 18.3 Å². The summed E-state index contributed by atoms with van der Waals surface area (Å²) in [5.41, 5.74) is 10.4. The smallest absolute Gasteiger partial charge is 0.143 e. The van der Waals surface area contributed by atoms with Gasteiger partial charge in [-0.2, -0.15) is 5.26 Å². The Labute approximate surface area is 228 Å². The zero-order valence-corrected chi connectivity index (χ0v) is 22.1. The number of ether oxygens (including phenoxy) is 1. The molecule has 7 heteroatoms. The minimum absolute atomic E-state index is 0.0506. The fourth-order valence-corrected chi connectivity index (χ4v) is 5.29. The first-order valence-electron chi connectivity index (χ1n) is 13.2. The first-order chi connectivity index (χ1) is 18.5. The lowest BCUT2D eigenvalue weighted by Crippen LogP contribution is -2.37. The molecule has 1 aliphatic heterocycles. The monoisotopic (exact) mass is 530 g/mol. The van der Waals surface area contributed by atoms with Crippen molar-refractivity contribution < 1.29 is 9.13 Å². The van der Waals surface area contributed by atoms with Gasteiger partial charge in [-0.1, -0.05) is 48.0 Å². The van der Waals surface area contributed by atoms with Gasteiger partial charge in [0.2, 0.25) is 0 Å². The summed E-state index contributed by atoms with van der Waals surface area (Å²) in [6.45, 7) is 3.51. The Morgan fingerprint density at radius 2 is 1.82 bits per heavy atom. The zero-order valence-electron chi connectivity index (χ0n) is 21.3. The molecular weight excluding hydrogens is 499 g/mol. The van der Waals surface area contributed by atoms with Gasteiger partial charge in [-0.15, -0.1) is 0 Å². The van der Waals surface area contributed by atoms with Crippen LogP contribution < -0.4 is 5.73 Å². The van der Waals surface area contributed by atoms with Crippen LogP contribution in [0.1, 0.15) is 42.9 Å². The number of benzene rings is 3. The van der Waals surface area contributed by atoms with Crippen molar-refractivity contribution in [3.05, 3.63) is 88.7 Å². The van der Waals surface area contributed by atoms with Crippen LogP contribution >= 0.6 is 11.6 Å². The highest BCUT2D eigenvalue weighted by molar-refractivity contribution is 6.30.